The molecule has 0 unspecified atom stereocenters. The lowest BCUT2D eigenvalue weighted by atomic mass is 10.1. The largest absolute Gasteiger partial charge is 0.368 e. The van der Waals surface area contributed by atoms with Gasteiger partial charge in [0, 0.05) is 12.2 Å². The van der Waals surface area contributed by atoms with Crippen molar-refractivity contribution in [2.45, 2.75) is 13.0 Å². The number of hydrogen-bond donors (Lipinski definition) is 1. The van der Waals surface area contributed by atoms with Gasteiger partial charge in [-0.3, -0.25) is 0 Å². The Balaban J connectivity index is 1.52. The molecule has 4 aromatic rings. The molecule has 0 spiro atoms. The molecule has 0 aliphatic rings. The first-order valence-electron chi connectivity index (χ1n) is 9.83. The number of benzene rings is 3. The summed E-state index contributed by atoms with van der Waals surface area (Å²) < 4.78 is 13.8. The smallest absolute Gasteiger partial charge is 0.252 e. The monoisotopic (exact) mass is 399 g/mol. The van der Waals surface area contributed by atoms with Crippen LogP contribution in [0.4, 0.5) is 21.8 Å². The molecule has 3 aromatic carbocycles. The van der Waals surface area contributed by atoms with E-state index in [1.807, 2.05) is 59.5 Å². The van der Waals surface area contributed by atoms with E-state index >= 15 is 0 Å². The third-order valence-corrected chi connectivity index (χ3v) is 4.70. The second-order valence-electron chi connectivity index (χ2n) is 6.82. The summed E-state index contributed by atoms with van der Waals surface area (Å²) in [5.41, 5.74) is 2.79. The Labute approximate surface area is 175 Å². The minimum absolute atomic E-state index is 0.195. The van der Waals surface area contributed by atoms with Crippen LogP contribution in [-0.4, -0.2) is 21.7 Å². The van der Waals surface area contributed by atoms with Crippen LogP contribution in [0.15, 0.2) is 91.1 Å². The van der Waals surface area contributed by atoms with Gasteiger partial charge in [-0.15, -0.1) is 5.10 Å². The molecule has 1 N–H and O–H groups in total. The summed E-state index contributed by atoms with van der Waals surface area (Å²) in [5.74, 6) is 0.908. The number of nitrogens with zero attached hydrogens (tertiary/aromatic N) is 4. The van der Waals surface area contributed by atoms with E-state index in [1.54, 1.807) is 18.3 Å². The van der Waals surface area contributed by atoms with Crippen molar-refractivity contribution in [2.75, 3.05) is 16.8 Å². The number of hydrogen-bond acceptors (Lipinski definition) is 5. The van der Waals surface area contributed by atoms with E-state index in [1.165, 1.54) is 6.07 Å². The molecule has 150 valence electrons. The summed E-state index contributed by atoms with van der Waals surface area (Å²) >= 11 is 0. The van der Waals surface area contributed by atoms with Gasteiger partial charge in [0.05, 0.1) is 12.7 Å². The van der Waals surface area contributed by atoms with Crippen LogP contribution < -0.4 is 10.2 Å². The summed E-state index contributed by atoms with van der Waals surface area (Å²) in [4.78, 5) is 6.66. The van der Waals surface area contributed by atoms with Crippen molar-refractivity contribution in [3.05, 3.63) is 108 Å². The normalized spacial score (nSPS) is 10.6. The van der Waals surface area contributed by atoms with E-state index in [-0.39, 0.29) is 5.82 Å². The van der Waals surface area contributed by atoms with Crippen LogP contribution in [0.3, 0.4) is 0 Å². The fourth-order valence-corrected chi connectivity index (χ4v) is 3.17. The van der Waals surface area contributed by atoms with Crippen LogP contribution in [-0.2, 0) is 13.0 Å². The Morgan fingerprint density at radius 1 is 0.833 bits per heavy atom. The van der Waals surface area contributed by atoms with Gasteiger partial charge in [0.1, 0.15) is 5.82 Å². The summed E-state index contributed by atoms with van der Waals surface area (Å²) in [5, 5.41) is 11.6. The zero-order chi connectivity index (χ0) is 20.6. The average molecular weight is 399 g/mol. The number of rotatable bonds is 8. The predicted octanol–water partition coefficient (Wildman–Crippen LogP) is 5.00. The van der Waals surface area contributed by atoms with Crippen LogP contribution in [0.5, 0.6) is 0 Å². The highest BCUT2D eigenvalue weighted by Crippen LogP contribution is 2.24. The minimum atomic E-state index is -0.195. The van der Waals surface area contributed by atoms with Crippen molar-refractivity contribution < 1.29 is 4.39 Å². The molecule has 4 rings (SSSR count). The van der Waals surface area contributed by atoms with Gasteiger partial charge >= 0.3 is 0 Å². The Hall–Kier alpha value is -3.80. The zero-order valence-corrected chi connectivity index (χ0v) is 16.4. The van der Waals surface area contributed by atoms with Crippen LogP contribution in [0.25, 0.3) is 0 Å². The zero-order valence-electron chi connectivity index (χ0n) is 16.4. The van der Waals surface area contributed by atoms with Crippen molar-refractivity contribution in [2.24, 2.45) is 0 Å². The first-order chi connectivity index (χ1) is 14.8. The standard InChI is InChI=1S/C24H22FN5/c25-22-14-8-7-11-20(22)15-16-26-23-17-27-29-24(28-23)30(21-12-5-2-6-13-21)18-19-9-3-1-4-10-19/h1-14,17H,15-16,18H2,(H,26,28,29). The molecule has 1 aromatic heterocycles. The van der Waals surface area contributed by atoms with E-state index in [0.29, 0.717) is 36.8 Å². The molecular formula is C24H22FN5. The Kier molecular flexibility index (Phi) is 6.25. The first kappa shape index (κ1) is 19.5. The number of para-hydroxylation sites is 1. The first-order valence-corrected chi connectivity index (χ1v) is 9.83. The lowest BCUT2D eigenvalue weighted by Crippen LogP contribution is -2.20. The fraction of sp³-hybridized carbons (Fsp3) is 0.125. The van der Waals surface area contributed by atoms with E-state index in [9.17, 15) is 4.39 Å². The summed E-state index contributed by atoms with van der Waals surface area (Å²) in [6.45, 7) is 1.16. The molecule has 0 aliphatic carbocycles. The van der Waals surface area contributed by atoms with Gasteiger partial charge in [-0.05, 0) is 35.7 Å². The maximum atomic E-state index is 13.8. The van der Waals surface area contributed by atoms with Gasteiger partial charge in [-0.1, -0.05) is 66.7 Å². The molecule has 6 heteroatoms. The van der Waals surface area contributed by atoms with Crippen molar-refractivity contribution in [1.82, 2.24) is 15.2 Å². The molecule has 1 heterocycles. The Morgan fingerprint density at radius 2 is 1.53 bits per heavy atom. The average Bonchev–Trinajstić information content (AvgIpc) is 2.80. The molecular weight excluding hydrogens is 377 g/mol. The van der Waals surface area contributed by atoms with Gasteiger partial charge in [0.2, 0.25) is 0 Å². The van der Waals surface area contributed by atoms with E-state index in [2.05, 4.69) is 32.6 Å². The number of nitrogens with one attached hydrogen (secondary N) is 1. The molecule has 0 bridgehead atoms. The summed E-state index contributed by atoms with van der Waals surface area (Å²) in [6, 6.07) is 26.9. The molecule has 0 saturated carbocycles. The predicted molar refractivity (Wildman–Crippen MR) is 117 cm³/mol. The fourth-order valence-electron chi connectivity index (χ4n) is 3.17. The molecule has 0 saturated heterocycles. The van der Waals surface area contributed by atoms with Gasteiger partial charge < -0.3 is 10.2 Å². The Bertz CT molecular complexity index is 1070. The third-order valence-electron chi connectivity index (χ3n) is 4.70. The molecule has 0 aliphatic heterocycles. The maximum absolute atomic E-state index is 13.8. The highest BCUT2D eigenvalue weighted by Gasteiger charge is 2.14. The molecule has 30 heavy (non-hydrogen) atoms. The number of halogens is 1. The topological polar surface area (TPSA) is 53.9 Å². The number of anilines is 3. The molecule has 0 radical (unpaired) electrons. The lowest BCUT2D eigenvalue weighted by molar-refractivity contribution is 0.610. The van der Waals surface area contributed by atoms with Crippen molar-refractivity contribution in [3.63, 3.8) is 0 Å². The van der Waals surface area contributed by atoms with Gasteiger partial charge in [0.25, 0.3) is 5.95 Å². The highest BCUT2D eigenvalue weighted by molar-refractivity contribution is 5.58. The molecule has 0 atom stereocenters. The van der Waals surface area contributed by atoms with Gasteiger partial charge in [0.15, 0.2) is 5.82 Å². The minimum Gasteiger partial charge on any atom is -0.368 e. The van der Waals surface area contributed by atoms with Crippen molar-refractivity contribution in [3.8, 4) is 0 Å². The second kappa shape index (κ2) is 9.60. The SMILES string of the molecule is Fc1ccccc1CCNc1cnnc(N(Cc2ccccc2)c2ccccc2)n1. The summed E-state index contributed by atoms with van der Waals surface area (Å²) in [7, 11) is 0. The molecule has 0 amide bonds. The van der Waals surface area contributed by atoms with Crippen molar-refractivity contribution in [1.29, 1.82) is 0 Å². The van der Waals surface area contributed by atoms with Gasteiger partial charge in [-0.2, -0.15) is 10.1 Å². The van der Waals surface area contributed by atoms with E-state index in [4.69, 9.17) is 0 Å². The van der Waals surface area contributed by atoms with Crippen LogP contribution in [0, 0.1) is 5.82 Å². The third kappa shape index (κ3) is 4.97. The summed E-state index contributed by atoms with van der Waals surface area (Å²) in [6.07, 6.45) is 2.13. The molecule has 5 nitrogen and oxygen atoms in total. The maximum Gasteiger partial charge on any atom is 0.252 e. The van der Waals surface area contributed by atoms with Crippen molar-refractivity contribution >= 4 is 17.5 Å². The lowest BCUT2D eigenvalue weighted by Gasteiger charge is -2.22. The van der Waals surface area contributed by atoms with Crippen LogP contribution in [0.2, 0.25) is 0 Å². The highest BCUT2D eigenvalue weighted by atomic mass is 19.1. The van der Waals surface area contributed by atoms with Gasteiger partial charge in [-0.25, -0.2) is 4.39 Å². The Morgan fingerprint density at radius 3 is 2.30 bits per heavy atom. The number of aromatic nitrogens is 3. The second-order valence-corrected chi connectivity index (χ2v) is 6.82. The quantitative estimate of drug-likeness (QED) is 0.452. The van der Waals surface area contributed by atoms with Crippen LogP contribution >= 0.6 is 0 Å². The van der Waals surface area contributed by atoms with Crippen LogP contribution in [0.1, 0.15) is 11.1 Å². The van der Waals surface area contributed by atoms with E-state index in [0.717, 1.165) is 11.3 Å². The molecule has 0 fully saturated rings. The van der Waals surface area contributed by atoms with E-state index < -0.39 is 0 Å².